The van der Waals surface area contributed by atoms with Crippen molar-refractivity contribution in [3.05, 3.63) is 12.2 Å². The SMILES string of the molecule is C=C(C)CN(C)C(=O)C(C)(C)CN. The Bertz CT molecular complexity index is 209. The Kier molecular flexibility index (Phi) is 4.14. The molecule has 0 aliphatic carbocycles. The summed E-state index contributed by atoms with van der Waals surface area (Å²) in [4.78, 5) is 13.4. The van der Waals surface area contributed by atoms with Crippen molar-refractivity contribution in [1.82, 2.24) is 4.90 Å². The first-order chi connectivity index (χ1) is 5.81. The molecular weight excluding hydrogens is 164 g/mol. The minimum atomic E-state index is -0.468. The predicted octanol–water partition coefficient (Wildman–Crippen LogP) is 1.01. The minimum Gasteiger partial charge on any atom is -0.341 e. The average Bonchev–Trinajstić information content (AvgIpc) is 2.01. The first-order valence-electron chi connectivity index (χ1n) is 4.41. The van der Waals surface area contributed by atoms with Crippen molar-refractivity contribution in [3.8, 4) is 0 Å². The van der Waals surface area contributed by atoms with Gasteiger partial charge in [0.25, 0.3) is 0 Å². The molecule has 0 aliphatic heterocycles. The van der Waals surface area contributed by atoms with Gasteiger partial charge in [0.1, 0.15) is 0 Å². The smallest absolute Gasteiger partial charge is 0.229 e. The number of hydrogen-bond acceptors (Lipinski definition) is 2. The van der Waals surface area contributed by atoms with Gasteiger partial charge >= 0.3 is 0 Å². The summed E-state index contributed by atoms with van der Waals surface area (Å²) in [6.45, 7) is 10.3. The fourth-order valence-corrected chi connectivity index (χ4v) is 1.08. The first kappa shape index (κ1) is 12.2. The van der Waals surface area contributed by atoms with E-state index in [4.69, 9.17) is 5.73 Å². The Morgan fingerprint density at radius 3 is 2.31 bits per heavy atom. The van der Waals surface area contributed by atoms with Gasteiger partial charge in [0.2, 0.25) is 5.91 Å². The fraction of sp³-hybridized carbons (Fsp3) is 0.700. The Morgan fingerprint density at radius 2 is 2.00 bits per heavy atom. The Labute approximate surface area is 80.6 Å². The number of nitrogens with zero attached hydrogens (tertiary/aromatic N) is 1. The Hall–Kier alpha value is -0.830. The molecule has 1 amide bonds. The maximum Gasteiger partial charge on any atom is 0.229 e. The molecular formula is C10H20N2O. The number of carbonyl (C=O) groups is 1. The zero-order chi connectivity index (χ0) is 10.6. The fourth-order valence-electron chi connectivity index (χ4n) is 1.08. The molecule has 76 valence electrons. The molecule has 0 heterocycles. The van der Waals surface area contributed by atoms with E-state index < -0.39 is 5.41 Å². The van der Waals surface area contributed by atoms with Crippen LogP contribution in [0.3, 0.4) is 0 Å². The van der Waals surface area contributed by atoms with Crippen molar-refractivity contribution in [3.63, 3.8) is 0 Å². The van der Waals surface area contributed by atoms with Crippen LogP contribution in [-0.4, -0.2) is 30.9 Å². The van der Waals surface area contributed by atoms with Crippen LogP contribution in [0.15, 0.2) is 12.2 Å². The number of carbonyl (C=O) groups excluding carboxylic acids is 1. The molecule has 0 radical (unpaired) electrons. The number of likely N-dealkylation sites (N-methyl/N-ethyl adjacent to an activating group) is 1. The van der Waals surface area contributed by atoms with Crippen molar-refractivity contribution < 1.29 is 4.79 Å². The van der Waals surface area contributed by atoms with E-state index in [1.807, 2.05) is 20.8 Å². The third kappa shape index (κ3) is 3.59. The topological polar surface area (TPSA) is 46.3 Å². The molecule has 13 heavy (non-hydrogen) atoms. The third-order valence-electron chi connectivity index (χ3n) is 1.94. The lowest BCUT2D eigenvalue weighted by molar-refractivity contribution is -0.138. The molecule has 0 spiro atoms. The zero-order valence-corrected chi connectivity index (χ0v) is 9.05. The summed E-state index contributed by atoms with van der Waals surface area (Å²) >= 11 is 0. The molecule has 0 saturated carbocycles. The van der Waals surface area contributed by atoms with Gasteiger partial charge in [-0.25, -0.2) is 0 Å². The number of amides is 1. The highest BCUT2D eigenvalue weighted by atomic mass is 16.2. The maximum atomic E-state index is 11.7. The van der Waals surface area contributed by atoms with Crippen molar-refractivity contribution in [2.24, 2.45) is 11.1 Å². The Balaban J connectivity index is 4.34. The van der Waals surface area contributed by atoms with Crippen LogP contribution in [0.2, 0.25) is 0 Å². The predicted molar refractivity (Wildman–Crippen MR) is 55.3 cm³/mol. The van der Waals surface area contributed by atoms with E-state index in [-0.39, 0.29) is 5.91 Å². The van der Waals surface area contributed by atoms with Crippen LogP contribution in [0.25, 0.3) is 0 Å². The second-order valence-electron chi connectivity index (χ2n) is 4.21. The van der Waals surface area contributed by atoms with Crippen molar-refractivity contribution in [2.45, 2.75) is 20.8 Å². The van der Waals surface area contributed by atoms with E-state index in [1.54, 1.807) is 11.9 Å². The highest BCUT2D eigenvalue weighted by Crippen LogP contribution is 2.16. The van der Waals surface area contributed by atoms with Crippen LogP contribution in [0, 0.1) is 5.41 Å². The van der Waals surface area contributed by atoms with E-state index in [0.29, 0.717) is 13.1 Å². The molecule has 0 bridgehead atoms. The number of nitrogens with two attached hydrogens (primary N) is 1. The van der Waals surface area contributed by atoms with Gasteiger partial charge in [-0.15, -0.1) is 0 Å². The highest BCUT2D eigenvalue weighted by Gasteiger charge is 2.28. The molecule has 0 aromatic heterocycles. The molecule has 3 nitrogen and oxygen atoms in total. The maximum absolute atomic E-state index is 11.7. The van der Waals surface area contributed by atoms with Gasteiger partial charge in [0, 0.05) is 20.1 Å². The summed E-state index contributed by atoms with van der Waals surface area (Å²) < 4.78 is 0. The summed E-state index contributed by atoms with van der Waals surface area (Å²) in [6, 6.07) is 0. The number of rotatable bonds is 4. The summed E-state index contributed by atoms with van der Waals surface area (Å²) in [7, 11) is 1.77. The monoisotopic (exact) mass is 184 g/mol. The second kappa shape index (κ2) is 4.42. The molecule has 0 unspecified atom stereocenters. The van der Waals surface area contributed by atoms with Gasteiger partial charge in [0.05, 0.1) is 5.41 Å². The van der Waals surface area contributed by atoms with Gasteiger partial charge in [-0.2, -0.15) is 0 Å². The van der Waals surface area contributed by atoms with Crippen LogP contribution in [0.5, 0.6) is 0 Å². The van der Waals surface area contributed by atoms with Crippen LogP contribution in [0.1, 0.15) is 20.8 Å². The lowest BCUT2D eigenvalue weighted by Gasteiger charge is -2.28. The normalized spacial score (nSPS) is 11.2. The quantitative estimate of drug-likeness (QED) is 0.663. The zero-order valence-electron chi connectivity index (χ0n) is 9.05. The third-order valence-corrected chi connectivity index (χ3v) is 1.94. The van der Waals surface area contributed by atoms with Crippen molar-refractivity contribution in [1.29, 1.82) is 0 Å². The van der Waals surface area contributed by atoms with E-state index >= 15 is 0 Å². The van der Waals surface area contributed by atoms with Gasteiger partial charge in [-0.3, -0.25) is 4.79 Å². The minimum absolute atomic E-state index is 0.0676. The van der Waals surface area contributed by atoms with E-state index in [2.05, 4.69) is 6.58 Å². The summed E-state index contributed by atoms with van der Waals surface area (Å²) in [5.41, 5.74) is 6.01. The molecule has 0 aliphatic rings. The van der Waals surface area contributed by atoms with Crippen LogP contribution < -0.4 is 5.73 Å². The molecule has 0 fully saturated rings. The lowest BCUT2D eigenvalue weighted by Crippen LogP contribution is -2.43. The molecule has 3 heteroatoms. The molecule has 0 atom stereocenters. The van der Waals surface area contributed by atoms with E-state index in [0.717, 1.165) is 5.57 Å². The highest BCUT2D eigenvalue weighted by molar-refractivity contribution is 5.82. The van der Waals surface area contributed by atoms with Gasteiger partial charge in [-0.1, -0.05) is 12.2 Å². The van der Waals surface area contributed by atoms with Crippen LogP contribution in [-0.2, 0) is 4.79 Å². The summed E-state index contributed by atoms with van der Waals surface area (Å²) in [5, 5.41) is 0. The Morgan fingerprint density at radius 1 is 1.54 bits per heavy atom. The lowest BCUT2D eigenvalue weighted by atomic mass is 9.92. The van der Waals surface area contributed by atoms with Crippen LogP contribution >= 0.6 is 0 Å². The largest absolute Gasteiger partial charge is 0.341 e. The molecule has 0 saturated heterocycles. The van der Waals surface area contributed by atoms with E-state index in [9.17, 15) is 4.79 Å². The van der Waals surface area contributed by atoms with Gasteiger partial charge in [0.15, 0.2) is 0 Å². The molecule has 0 rings (SSSR count). The van der Waals surface area contributed by atoms with Crippen LogP contribution in [0.4, 0.5) is 0 Å². The molecule has 2 N–H and O–H groups in total. The van der Waals surface area contributed by atoms with E-state index in [1.165, 1.54) is 0 Å². The van der Waals surface area contributed by atoms with Crippen molar-refractivity contribution in [2.75, 3.05) is 20.1 Å². The standard InChI is InChI=1S/C10H20N2O/c1-8(2)6-12(5)9(13)10(3,4)7-11/h1,6-7,11H2,2-5H3. The summed E-state index contributed by atoms with van der Waals surface area (Å²) in [5.74, 6) is 0.0676. The average molecular weight is 184 g/mol. The molecule has 0 aromatic carbocycles. The first-order valence-corrected chi connectivity index (χ1v) is 4.41. The summed E-state index contributed by atoms with van der Waals surface area (Å²) in [6.07, 6.45) is 0. The second-order valence-corrected chi connectivity index (χ2v) is 4.21. The number of hydrogen-bond donors (Lipinski definition) is 1. The molecule has 0 aromatic rings. The van der Waals surface area contributed by atoms with Gasteiger partial charge < -0.3 is 10.6 Å². The van der Waals surface area contributed by atoms with Gasteiger partial charge in [-0.05, 0) is 20.8 Å². The van der Waals surface area contributed by atoms with Crippen molar-refractivity contribution >= 4 is 5.91 Å².